The molecule has 0 aliphatic heterocycles. The van der Waals surface area contributed by atoms with Crippen molar-refractivity contribution in [1.29, 1.82) is 0 Å². The van der Waals surface area contributed by atoms with Crippen LogP contribution in [0.1, 0.15) is 50.2 Å². The Labute approximate surface area is 127 Å². The molecule has 1 fully saturated rings. The summed E-state index contributed by atoms with van der Waals surface area (Å²) in [5, 5.41) is 0.822. The predicted octanol–water partition coefficient (Wildman–Crippen LogP) is 4.26. The van der Waals surface area contributed by atoms with E-state index < -0.39 is 0 Å². The Balaban J connectivity index is 2.13. The van der Waals surface area contributed by atoms with E-state index in [-0.39, 0.29) is 11.6 Å². The van der Waals surface area contributed by atoms with E-state index in [4.69, 9.17) is 22.1 Å². The highest BCUT2D eigenvalue weighted by Gasteiger charge is 2.38. The predicted molar refractivity (Wildman–Crippen MR) is 85.3 cm³/mol. The standard InChI is InChI=1S/C17H26ClNO/c1-3-20-17(9-5-4-6-10-17)16(19)12-14-8-7-13(2)11-15(14)18/h7-8,11,16H,3-6,9-10,12,19H2,1-2H3. The molecule has 1 aliphatic carbocycles. The van der Waals surface area contributed by atoms with Gasteiger partial charge in [-0.15, -0.1) is 0 Å². The fourth-order valence-corrected chi connectivity index (χ4v) is 3.61. The maximum absolute atomic E-state index is 6.52. The minimum Gasteiger partial charge on any atom is -0.374 e. The van der Waals surface area contributed by atoms with E-state index in [0.717, 1.165) is 36.5 Å². The molecule has 3 heteroatoms. The number of hydrogen-bond acceptors (Lipinski definition) is 2. The normalized spacial score (nSPS) is 19.8. The first-order chi connectivity index (χ1) is 9.57. The molecular formula is C17H26ClNO. The molecule has 1 atom stereocenters. The van der Waals surface area contributed by atoms with Crippen LogP contribution in [0.5, 0.6) is 0 Å². The lowest BCUT2D eigenvalue weighted by Crippen LogP contribution is -2.52. The van der Waals surface area contributed by atoms with E-state index in [1.165, 1.54) is 24.8 Å². The highest BCUT2D eigenvalue weighted by atomic mass is 35.5. The van der Waals surface area contributed by atoms with Gasteiger partial charge in [0.25, 0.3) is 0 Å². The van der Waals surface area contributed by atoms with Gasteiger partial charge in [0.2, 0.25) is 0 Å². The maximum Gasteiger partial charge on any atom is 0.0835 e. The summed E-state index contributed by atoms with van der Waals surface area (Å²) in [6.45, 7) is 4.84. The zero-order chi connectivity index (χ0) is 14.6. The van der Waals surface area contributed by atoms with Gasteiger partial charge in [0.05, 0.1) is 5.60 Å². The van der Waals surface area contributed by atoms with E-state index >= 15 is 0 Å². The van der Waals surface area contributed by atoms with Gasteiger partial charge in [0.15, 0.2) is 0 Å². The van der Waals surface area contributed by atoms with Crippen molar-refractivity contribution in [3.63, 3.8) is 0 Å². The van der Waals surface area contributed by atoms with Crippen LogP contribution in [0.15, 0.2) is 18.2 Å². The van der Waals surface area contributed by atoms with E-state index in [0.29, 0.717) is 0 Å². The Bertz CT molecular complexity index is 435. The molecule has 0 spiro atoms. The molecule has 1 saturated carbocycles. The largest absolute Gasteiger partial charge is 0.374 e. The minimum absolute atomic E-state index is 0.0166. The second-order valence-electron chi connectivity index (χ2n) is 5.96. The molecule has 0 heterocycles. The fraction of sp³-hybridized carbons (Fsp3) is 0.647. The molecule has 1 aromatic rings. The molecule has 20 heavy (non-hydrogen) atoms. The van der Waals surface area contributed by atoms with Crippen LogP contribution < -0.4 is 5.73 Å². The first-order valence-corrected chi connectivity index (χ1v) is 8.10. The van der Waals surface area contributed by atoms with Crippen LogP contribution in [0, 0.1) is 6.92 Å². The lowest BCUT2D eigenvalue weighted by molar-refractivity contribution is -0.0817. The third-order valence-corrected chi connectivity index (χ3v) is 4.81. The Morgan fingerprint density at radius 2 is 2.00 bits per heavy atom. The molecule has 2 nitrogen and oxygen atoms in total. The number of benzene rings is 1. The summed E-state index contributed by atoms with van der Waals surface area (Å²) in [5.74, 6) is 0. The molecule has 0 aromatic heterocycles. The van der Waals surface area contributed by atoms with Crippen molar-refractivity contribution in [3.8, 4) is 0 Å². The summed E-state index contributed by atoms with van der Waals surface area (Å²) in [5.41, 5.74) is 8.69. The van der Waals surface area contributed by atoms with Crippen LogP contribution in [0.25, 0.3) is 0 Å². The fourth-order valence-electron chi connectivity index (χ4n) is 3.30. The van der Waals surface area contributed by atoms with Gasteiger partial charge in [-0.05, 0) is 50.3 Å². The summed E-state index contributed by atoms with van der Waals surface area (Å²) in [6.07, 6.45) is 6.67. The lowest BCUT2D eigenvalue weighted by atomic mass is 9.77. The molecule has 0 amide bonds. The first kappa shape index (κ1) is 15.8. The number of aryl methyl sites for hydroxylation is 1. The van der Waals surface area contributed by atoms with E-state index in [2.05, 4.69) is 26.0 Å². The van der Waals surface area contributed by atoms with E-state index in [1.807, 2.05) is 6.07 Å². The average Bonchev–Trinajstić information content (AvgIpc) is 2.43. The summed E-state index contributed by atoms with van der Waals surface area (Å²) >= 11 is 6.34. The summed E-state index contributed by atoms with van der Waals surface area (Å²) in [6, 6.07) is 6.22. The molecule has 2 rings (SSSR count). The second-order valence-corrected chi connectivity index (χ2v) is 6.37. The van der Waals surface area contributed by atoms with Crippen LogP contribution in [0.3, 0.4) is 0 Å². The summed E-state index contributed by atoms with van der Waals surface area (Å²) in [4.78, 5) is 0. The Kier molecular flexibility index (Phi) is 5.48. The molecule has 2 N–H and O–H groups in total. The smallest absolute Gasteiger partial charge is 0.0835 e. The number of hydrogen-bond donors (Lipinski definition) is 1. The van der Waals surface area contributed by atoms with Gasteiger partial charge in [-0.2, -0.15) is 0 Å². The van der Waals surface area contributed by atoms with Crippen LogP contribution in [0.4, 0.5) is 0 Å². The maximum atomic E-state index is 6.52. The number of nitrogens with two attached hydrogens (primary N) is 1. The highest BCUT2D eigenvalue weighted by Crippen LogP contribution is 2.35. The van der Waals surface area contributed by atoms with Gasteiger partial charge in [-0.3, -0.25) is 0 Å². The van der Waals surface area contributed by atoms with Gasteiger partial charge in [0.1, 0.15) is 0 Å². The quantitative estimate of drug-likeness (QED) is 0.881. The Morgan fingerprint density at radius 3 is 2.60 bits per heavy atom. The van der Waals surface area contributed by atoms with Crippen LogP contribution in [-0.4, -0.2) is 18.2 Å². The molecule has 1 unspecified atom stereocenters. The molecule has 112 valence electrons. The zero-order valence-corrected chi connectivity index (χ0v) is 13.4. The topological polar surface area (TPSA) is 35.2 Å². The van der Waals surface area contributed by atoms with Gasteiger partial charge in [0, 0.05) is 17.7 Å². The van der Waals surface area contributed by atoms with Crippen molar-refractivity contribution < 1.29 is 4.74 Å². The van der Waals surface area contributed by atoms with Gasteiger partial charge >= 0.3 is 0 Å². The van der Waals surface area contributed by atoms with Crippen molar-refractivity contribution in [2.45, 2.75) is 64.0 Å². The SMILES string of the molecule is CCOC1(C(N)Cc2ccc(C)cc2Cl)CCCCC1. The van der Waals surface area contributed by atoms with Gasteiger partial charge in [-0.25, -0.2) is 0 Å². The Hall–Kier alpha value is -0.570. The zero-order valence-electron chi connectivity index (χ0n) is 12.6. The van der Waals surface area contributed by atoms with Gasteiger partial charge < -0.3 is 10.5 Å². The Morgan fingerprint density at radius 1 is 1.30 bits per heavy atom. The minimum atomic E-state index is -0.152. The number of ether oxygens (including phenoxy) is 1. The molecule has 0 saturated heterocycles. The third kappa shape index (κ3) is 3.55. The van der Waals surface area contributed by atoms with Crippen LogP contribution in [-0.2, 0) is 11.2 Å². The van der Waals surface area contributed by atoms with Crippen molar-refractivity contribution >= 4 is 11.6 Å². The van der Waals surface area contributed by atoms with Crippen molar-refractivity contribution in [2.24, 2.45) is 5.73 Å². The molecule has 0 radical (unpaired) electrons. The first-order valence-electron chi connectivity index (χ1n) is 7.72. The number of halogens is 1. The summed E-state index contributed by atoms with van der Waals surface area (Å²) in [7, 11) is 0. The number of rotatable bonds is 5. The van der Waals surface area contributed by atoms with Crippen molar-refractivity contribution in [2.75, 3.05) is 6.61 Å². The van der Waals surface area contributed by atoms with Crippen molar-refractivity contribution in [3.05, 3.63) is 34.3 Å². The molecule has 1 aliphatic rings. The second kappa shape index (κ2) is 6.93. The molecule has 1 aromatic carbocycles. The van der Waals surface area contributed by atoms with E-state index in [1.54, 1.807) is 0 Å². The lowest BCUT2D eigenvalue weighted by Gasteiger charge is -2.42. The van der Waals surface area contributed by atoms with Crippen molar-refractivity contribution in [1.82, 2.24) is 0 Å². The van der Waals surface area contributed by atoms with Gasteiger partial charge in [-0.1, -0.05) is 43.0 Å². The van der Waals surface area contributed by atoms with Crippen LogP contribution in [0.2, 0.25) is 5.02 Å². The monoisotopic (exact) mass is 295 g/mol. The molecular weight excluding hydrogens is 270 g/mol. The summed E-state index contributed by atoms with van der Waals surface area (Å²) < 4.78 is 6.10. The van der Waals surface area contributed by atoms with E-state index in [9.17, 15) is 0 Å². The molecule has 0 bridgehead atoms. The third-order valence-electron chi connectivity index (χ3n) is 4.46. The average molecular weight is 296 g/mol. The van der Waals surface area contributed by atoms with Crippen LogP contribution >= 0.6 is 11.6 Å². The highest BCUT2D eigenvalue weighted by molar-refractivity contribution is 6.31.